The monoisotopic (exact) mass is 364 g/mol. The summed E-state index contributed by atoms with van der Waals surface area (Å²) in [5, 5.41) is 2.95. The number of para-hydroxylation sites is 1. The molecule has 27 heavy (non-hydrogen) atoms. The van der Waals surface area contributed by atoms with Crippen molar-refractivity contribution in [1.29, 1.82) is 0 Å². The van der Waals surface area contributed by atoms with Gasteiger partial charge in [-0.2, -0.15) is 0 Å². The molecular weight excluding hydrogens is 340 g/mol. The number of ether oxygens (including phenoxy) is 1. The van der Waals surface area contributed by atoms with Gasteiger partial charge in [-0.3, -0.25) is 4.79 Å². The maximum atomic E-state index is 12.3. The Morgan fingerprint density at radius 2 is 2.00 bits per heavy atom. The molecule has 1 aliphatic rings. The number of likely N-dealkylation sites (N-methyl/N-ethyl adjacent to an activating group) is 1. The molecule has 140 valence electrons. The molecule has 2 heterocycles. The fourth-order valence-corrected chi connectivity index (χ4v) is 3.25. The van der Waals surface area contributed by atoms with Gasteiger partial charge in [0.05, 0.1) is 16.6 Å². The Hall–Kier alpha value is -2.86. The van der Waals surface area contributed by atoms with Gasteiger partial charge in [-0.15, -0.1) is 0 Å². The minimum Gasteiger partial charge on any atom is -0.492 e. The lowest BCUT2D eigenvalue weighted by Gasteiger charge is -2.20. The third kappa shape index (κ3) is 3.28. The van der Waals surface area contributed by atoms with Crippen LogP contribution in [0.1, 0.15) is 17.3 Å². The lowest BCUT2D eigenvalue weighted by Crippen LogP contribution is -2.30. The van der Waals surface area contributed by atoms with Crippen LogP contribution in [-0.2, 0) is 6.54 Å². The van der Waals surface area contributed by atoms with Crippen molar-refractivity contribution in [2.45, 2.75) is 19.5 Å². The molecule has 2 aromatic carbocycles. The van der Waals surface area contributed by atoms with Crippen LogP contribution in [-0.4, -0.2) is 53.6 Å². The molecule has 4 rings (SSSR count). The average molecular weight is 364 g/mol. The van der Waals surface area contributed by atoms with Gasteiger partial charge in [0.2, 0.25) is 0 Å². The van der Waals surface area contributed by atoms with E-state index >= 15 is 0 Å². The highest BCUT2D eigenvalue weighted by Gasteiger charge is 2.21. The van der Waals surface area contributed by atoms with Crippen molar-refractivity contribution in [2.24, 2.45) is 0 Å². The molecule has 1 amide bonds. The number of amides is 1. The number of imidazole rings is 1. The van der Waals surface area contributed by atoms with Gasteiger partial charge in [0, 0.05) is 24.7 Å². The van der Waals surface area contributed by atoms with Crippen molar-refractivity contribution < 1.29 is 9.53 Å². The quantitative estimate of drug-likeness (QED) is 0.756. The number of benzene rings is 2. The van der Waals surface area contributed by atoms with E-state index in [1.165, 1.54) is 0 Å². The van der Waals surface area contributed by atoms with Crippen molar-refractivity contribution in [3.63, 3.8) is 0 Å². The van der Waals surface area contributed by atoms with Gasteiger partial charge in [0.1, 0.15) is 18.2 Å². The summed E-state index contributed by atoms with van der Waals surface area (Å²) in [6.45, 7) is 4.07. The molecule has 6 nitrogen and oxygen atoms in total. The molecule has 6 heteroatoms. The van der Waals surface area contributed by atoms with Crippen LogP contribution in [0.4, 0.5) is 0 Å². The molecular formula is C21H24N4O2. The predicted octanol–water partition coefficient (Wildman–Crippen LogP) is 2.78. The first-order chi connectivity index (χ1) is 13.0. The molecule has 1 aliphatic heterocycles. The molecule has 1 unspecified atom stereocenters. The maximum absolute atomic E-state index is 12.3. The Balaban J connectivity index is 1.66. The summed E-state index contributed by atoms with van der Waals surface area (Å²) in [6.07, 6.45) is 0. The van der Waals surface area contributed by atoms with Gasteiger partial charge in [-0.25, -0.2) is 4.98 Å². The van der Waals surface area contributed by atoms with Gasteiger partial charge in [0.15, 0.2) is 0 Å². The Morgan fingerprint density at radius 1 is 1.22 bits per heavy atom. The average Bonchev–Trinajstić information content (AvgIpc) is 2.95. The van der Waals surface area contributed by atoms with Crippen LogP contribution in [0.25, 0.3) is 22.4 Å². The molecule has 0 radical (unpaired) electrons. The summed E-state index contributed by atoms with van der Waals surface area (Å²) in [7, 11) is 4.09. The van der Waals surface area contributed by atoms with E-state index in [-0.39, 0.29) is 5.91 Å². The molecule has 1 atom stereocenters. The first-order valence-corrected chi connectivity index (χ1v) is 9.21. The van der Waals surface area contributed by atoms with Crippen molar-refractivity contribution in [1.82, 2.24) is 19.8 Å². The zero-order valence-corrected chi connectivity index (χ0v) is 15.9. The number of hydrogen-bond acceptors (Lipinski definition) is 4. The van der Waals surface area contributed by atoms with Gasteiger partial charge in [0.25, 0.3) is 5.91 Å². The highest BCUT2D eigenvalue weighted by Crippen LogP contribution is 2.29. The molecule has 0 aliphatic carbocycles. The van der Waals surface area contributed by atoms with Gasteiger partial charge in [-0.1, -0.05) is 6.07 Å². The SMILES string of the molecule is CC(COc1ccc(-c2nc3cccc4c3n2CCNC4=O)cc1)N(C)C. The fraction of sp³-hybridized carbons (Fsp3) is 0.333. The van der Waals surface area contributed by atoms with E-state index < -0.39 is 0 Å². The smallest absolute Gasteiger partial charge is 0.253 e. The maximum Gasteiger partial charge on any atom is 0.253 e. The van der Waals surface area contributed by atoms with Crippen LogP contribution in [0.5, 0.6) is 5.75 Å². The van der Waals surface area contributed by atoms with Gasteiger partial charge < -0.3 is 19.5 Å². The van der Waals surface area contributed by atoms with Crippen molar-refractivity contribution >= 4 is 16.9 Å². The van der Waals surface area contributed by atoms with Crippen LogP contribution in [0.2, 0.25) is 0 Å². The summed E-state index contributed by atoms with van der Waals surface area (Å²) in [5.41, 5.74) is 3.45. The van der Waals surface area contributed by atoms with E-state index in [0.29, 0.717) is 31.3 Å². The second kappa shape index (κ2) is 7.04. The summed E-state index contributed by atoms with van der Waals surface area (Å²) in [6, 6.07) is 14.0. The molecule has 0 bridgehead atoms. The first kappa shape index (κ1) is 17.5. The van der Waals surface area contributed by atoms with Crippen LogP contribution < -0.4 is 10.1 Å². The number of carbonyl (C=O) groups excluding carboxylic acids is 1. The summed E-state index contributed by atoms with van der Waals surface area (Å²) >= 11 is 0. The first-order valence-electron chi connectivity index (χ1n) is 9.21. The lowest BCUT2D eigenvalue weighted by molar-refractivity contribution is 0.0956. The van der Waals surface area contributed by atoms with Gasteiger partial charge >= 0.3 is 0 Å². The van der Waals surface area contributed by atoms with E-state index in [2.05, 4.69) is 21.7 Å². The summed E-state index contributed by atoms with van der Waals surface area (Å²) < 4.78 is 8.01. The molecule has 0 spiro atoms. The molecule has 1 N–H and O–H groups in total. The van der Waals surface area contributed by atoms with E-state index in [0.717, 1.165) is 28.2 Å². The minimum atomic E-state index is -0.0374. The van der Waals surface area contributed by atoms with Crippen molar-refractivity contribution in [3.8, 4) is 17.1 Å². The van der Waals surface area contributed by atoms with E-state index in [1.54, 1.807) is 0 Å². The molecule has 3 aromatic rings. The zero-order chi connectivity index (χ0) is 19.0. The minimum absolute atomic E-state index is 0.0374. The largest absolute Gasteiger partial charge is 0.492 e. The van der Waals surface area contributed by atoms with Crippen LogP contribution in [0.3, 0.4) is 0 Å². The second-order valence-electron chi connectivity index (χ2n) is 7.16. The Morgan fingerprint density at radius 3 is 2.74 bits per heavy atom. The van der Waals surface area contributed by atoms with Crippen LogP contribution >= 0.6 is 0 Å². The molecule has 1 aromatic heterocycles. The Labute approximate surface area is 158 Å². The third-order valence-corrected chi connectivity index (χ3v) is 5.12. The number of nitrogens with one attached hydrogen (secondary N) is 1. The van der Waals surface area contributed by atoms with E-state index in [1.807, 2.05) is 56.6 Å². The summed E-state index contributed by atoms with van der Waals surface area (Å²) in [4.78, 5) is 19.2. The molecule has 0 saturated heterocycles. The standard InChI is InChI=1S/C21H24N4O2/c1-14(24(2)3)13-27-16-9-7-15(8-10-16)20-23-18-6-4-5-17-19(18)25(20)12-11-22-21(17)26/h4-10,14H,11-13H2,1-3H3,(H,22,26). The third-order valence-electron chi connectivity index (χ3n) is 5.12. The number of hydrogen-bond donors (Lipinski definition) is 1. The molecule has 0 fully saturated rings. The zero-order valence-electron chi connectivity index (χ0n) is 15.9. The number of nitrogens with zero attached hydrogens (tertiary/aromatic N) is 3. The van der Waals surface area contributed by atoms with E-state index in [9.17, 15) is 4.79 Å². The Bertz CT molecular complexity index is 976. The fourth-order valence-electron chi connectivity index (χ4n) is 3.25. The summed E-state index contributed by atoms with van der Waals surface area (Å²) in [5.74, 6) is 1.68. The number of rotatable bonds is 5. The lowest BCUT2D eigenvalue weighted by atomic mass is 10.1. The van der Waals surface area contributed by atoms with Crippen molar-refractivity contribution in [3.05, 3.63) is 48.0 Å². The highest BCUT2D eigenvalue weighted by molar-refractivity contribution is 6.06. The molecule has 0 saturated carbocycles. The topological polar surface area (TPSA) is 59.4 Å². The van der Waals surface area contributed by atoms with Crippen LogP contribution in [0.15, 0.2) is 42.5 Å². The van der Waals surface area contributed by atoms with Crippen LogP contribution in [0, 0.1) is 0 Å². The predicted molar refractivity (Wildman–Crippen MR) is 106 cm³/mol. The highest BCUT2D eigenvalue weighted by atomic mass is 16.5. The van der Waals surface area contributed by atoms with Crippen molar-refractivity contribution in [2.75, 3.05) is 27.2 Å². The Kier molecular flexibility index (Phi) is 4.58. The number of carbonyl (C=O) groups is 1. The van der Waals surface area contributed by atoms with E-state index in [4.69, 9.17) is 9.72 Å². The van der Waals surface area contributed by atoms with Gasteiger partial charge in [-0.05, 0) is 57.4 Å². The second-order valence-corrected chi connectivity index (χ2v) is 7.16. The number of aromatic nitrogens is 2. The normalized spacial score (nSPS) is 14.9.